The van der Waals surface area contributed by atoms with Crippen LogP contribution in [-0.2, 0) is 0 Å². The molecule has 0 aromatic rings. The Morgan fingerprint density at radius 3 is 1.31 bits per heavy atom. The zero-order valence-electron chi connectivity index (χ0n) is 8.77. The summed E-state index contributed by atoms with van der Waals surface area (Å²) in [7, 11) is 0. The molecule has 0 amide bonds. The van der Waals surface area contributed by atoms with E-state index in [4.69, 9.17) is 21.7 Å². The van der Waals surface area contributed by atoms with Crippen molar-refractivity contribution in [1.82, 2.24) is 16.0 Å². The van der Waals surface area contributed by atoms with Gasteiger partial charge in [-0.2, -0.15) is 0 Å². The molecule has 0 bridgehead atoms. The molecule has 1 aliphatic rings. The third kappa shape index (κ3) is 2.48. The van der Waals surface area contributed by atoms with Crippen LogP contribution in [0.15, 0.2) is 0 Å². The van der Waals surface area contributed by atoms with Crippen molar-refractivity contribution in [2.45, 2.75) is 17.2 Å². The summed E-state index contributed by atoms with van der Waals surface area (Å²) in [6.07, 6.45) is 0. The molecule has 1 rings (SSSR count). The highest BCUT2D eigenvalue weighted by molar-refractivity contribution is 5.04. The van der Waals surface area contributed by atoms with Crippen LogP contribution < -0.4 is 27.4 Å². The van der Waals surface area contributed by atoms with Gasteiger partial charge in [-0.25, -0.2) is 0 Å². The summed E-state index contributed by atoms with van der Waals surface area (Å²) in [5.41, 5.74) is 10.0. The first-order valence-electron chi connectivity index (χ1n) is 4.76. The van der Waals surface area contributed by atoms with Crippen molar-refractivity contribution in [3.8, 4) is 0 Å². The molecule has 1 aliphatic heterocycles. The smallest absolute Gasteiger partial charge is 0.149 e. The minimum atomic E-state index is -1.52. The van der Waals surface area contributed by atoms with Crippen molar-refractivity contribution in [3.63, 3.8) is 0 Å². The Morgan fingerprint density at radius 1 is 0.688 bits per heavy atom. The van der Waals surface area contributed by atoms with Crippen LogP contribution in [-0.4, -0.2) is 64.1 Å². The van der Waals surface area contributed by atoms with E-state index in [1.165, 1.54) is 0 Å². The van der Waals surface area contributed by atoms with Crippen LogP contribution in [0.1, 0.15) is 0 Å². The molecule has 1 fully saturated rings. The molecule has 2 unspecified atom stereocenters. The van der Waals surface area contributed by atoms with Crippen molar-refractivity contribution < 1.29 is 20.4 Å². The van der Waals surface area contributed by atoms with Crippen LogP contribution in [0, 0.1) is 0 Å². The average molecular weight is 237 g/mol. The molecule has 0 aromatic carbocycles. The van der Waals surface area contributed by atoms with Crippen LogP contribution in [0.3, 0.4) is 0 Å². The molecule has 0 radical (unpaired) electrons. The summed E-state index contributed by atoms with van der Waals surface area (Å²) in [6, 6.07) is 0. The lowest BCUT2D eigenvalue weighted by Gasteiger charge is -2.53. The Hall–Kier alpha value is -0.360. The van der Waals surface area contributed by atoms with Crippen molar-refractivity contribution >= 4 is 0 Å². The predicted octanol–water partition coefficient (Wildman–Crippen LogP) is -5.34. The van der Waals surface area contributed by atoms with Gasteiger partial charge in [0.1, 0.15) is 17.2 Å². The number of rotatable bonds is 4. The van der Waals surface area contributed by atoms with Crippen molar-refractivity contribution in [2.24, 2.45) is 11.5 Å². The highest BCUT2D eigenvalue weighted by atomic mass is 16.3. The van der Waals surface area contributed by atoms with Gasteiger partial charge in [0.2, 0.25) is 0 Å². The summed E-state index contributed by atoms with van der Waals surface area (Å²) in [6.45, 7) is -2.14. The van der Waals surface area contributed by atoms with Gasteiger partial charge < -0.3 is 20.4 Å². The summed E-state index contributed by atoms with van der Waals surface area (Å²) in [5, 5.41) is 44.4. The van der Waals surface area contributed by atoms with Crippen molar-refractivity contribution in [1.29, 1.82) is 0 Å². The zero-order valence-corrected chi connectivity index (χ0v) is 8.77. The number of nitrogens with one attached hydrogen (secondary N) is 3. The van der Waals surface area contributed by atoms with E-state index in [0.29, 0.717) is 0 Å². The van der Waals surface area contributed by atoms with Gasteiger partial charge in [0, 0.05) is 0 Å². The highest BCUT2D eigenvalue weighted by Crippen LogP contribution is 2.13. The normalized spacial score (nSPS) is 38.6. The number of nitrogens with two attached hydrogens (primary N) is 2. The second-order valence-electron chi connectivity index (χ2n) is 4.03. The summed E-state index contributed by atoms with van der Waals surface area (Å²) in [4.78, 5) is 0. The van der Waals surface area contributed by atoms with Crippen molar-refractivity contribution in [3.05, 3.63) is 0 Å². The fourth-order valence-electron chi connectivity index (χ4n) is 1.71. The fraction of sp³-hybridized carbons (Fsp3) is 1.00. The molecule has 11 N–H and O–H groups in total. The molecule has 0 saturated carbocycles. The SMILES string of the molecule is NC1(CO)NC(N)(CO)NC(CO)(CO)N1. The first-order valence-corrected chi connectivity index (χ1v) is 4.76. The second-order valence-corrected chi connectivity index (χ2v) is 4.03. The van der Waals surface area contributed by atoms with Gasteiger partial charge >= 0.3 is 0 Å². The van der Waals surface area contributed by atoms with Crippen LogP contribution in [0.4, 0.5) is 0 Å². The van der Waals surface area contributed by atoms with Crippen LogP contribution in [0.25, 0.3) is 0 Å². The van der Waals surface area contributed by atoms with E-state index in [-0.39, 0.29) is 0 Å². The van der Waals surface area contributed by atoms with Gasteiger partial charge in [0.25, 0.3) is 0 Å². The van der Waals surface area contributed by atoms with E-state index < -0.39 is 43.7 Å². The van der Waals surface area contributed by atoms with Gasteiger partial charge in [0.05, 0.1) is 26.4 Å². The third-order valence-corrected chi connectivity index (χ3v) is 2.41. The second kappa shape index (κ2) is 4.49. The number of hydrogen-bond acceptors (Lipinski definition) is 9. The molecular formula is C7H19N5O4. The topological polar surface area (TPSA) is 169 Å². The molecule has 1 saturated heterocycles. The van der Waals surface area contributed by atoms with E-state index in [2.05, 4.69) is 16.0 Å². The summed E-state index contributed by atoms with van der Waals surface area (Å²) < 4.78 is 0. The Bertz CT molecular complexity index is 231. The van der Waals surface area contributed by atoms with Gasteiger partial charge in [-0.05, 0) is 0 Å². The number of aliphatic hydroxyl groups excluding tert-OH is 4. The highest BCUT2D eigenvalue weighted by Gasteiger charge is 2.49. The van der Waals surface area contributed by atoms with Gasteiger partial charge in [-0.3, -0.25) is 27.4 Å². The monoisotopic (exact) mass is 237 g/mol. The lowest BCUT2D eigenvalue weighted by Crippen LogP contribution is -2.93. The molecule has 1 heterocycles. The molecule has 9 heteroatoms. The molecular weight excluding hydrogens is 218 g/mol. The lowest BCUT2D eigenvalue weighted by atomic mass is 10.1. The Balaban J connectivity index is 2.99. The first-order chi connectivity index (χ1) is 7.36. The average Bonchev–Trinajstić information content (AvgIpc) is 2.28. The van der Waals surface area contributed by atoms with E-state index in [1.54, 1.807) is 0 Å². The largest absolute Gasteiger partial charge is 0.393 e. The van der Waals surface area contributed by atoms with E-state index >= 15 is 0 Å². The maximum atomic E-state index is 9.21. The third-order valence-electron chi connectivity index (χ3n) is 2.41. The Kier molecular flexibility index (Phi) is 3.84. The first kappa shape index (κ1) is 13.7. The predicted molar refractivity (Wildman–Crippen MR) is 54.3 cm³/mol. The quantitative estimate of drug-likeness (QED) is 0.232. The van der Waals surface area contributed by atoms with E-state index in [1.807, 2.05) is 0 Å². The fourth-order valence-corrected chi connectivity index (χ4v) is 1.71. The minimum Gasteiger partial charge on any atom is -0.393 e. The maximum Gasteiger partial charge on any atom is 0.149 e. The lowest BCUT2D eigenvalue weighted by molar-refractivity contribution is -0.0874. The van der Waals surface area contributed by atoms with Crippen LogP contribution in [0.5, 0.6) is 0 Å². The van der Waals surface area contributed by atoms with E-state index in [9.17, 15) is 10.2 Å². The summed E-state index contributed by atoms with van der Waals surface area (Å²) >= 11 is 0. The van der Waals surface area contributed by atoms with E-state index in [0.717, 1.165) is 0 Å². The Morgan fingerprint density at radius 2 is 1.06 bits per heavy atom. The number of hydrogen-bond donors (Lipinski definition) is 9. The molecule has 0 aromatic heterocycles. The number of aliphatic hydroxyl groups is 4. The summed E-state index contributed by atoms with van der Waals surface area (Å²) in [5.74, 6) is -3.04. The van der Waals surface area contributed by atoms with Gasteiger partial charge in [-0.15, -0.1) is 0 Å². The maximum absolute atomic E-state index is 9.21. The van der Waals surface area contributed by atoms with Gasteiger partial charge in [-0.1, -0.05) is 0 Å². The Labute approximate surface area is 92.4 Å². The molecule has 0 spiro atoms. The van der Waals surface area contributed by atoms with Gasteiger partial charge in [0.15, 0.2) is 0 Å². The molecule has 0 aliphatic carbocycles. The molecule has 2 atom stereocenters. The zero-order chi connectivity index (χ0) is 12.4. The molecule has 16 heavy (non-hydrogen) atoms. The standard InChI is InChI=1S/C7H19N5O4/c8-6(3-15)10-5(1-13,2-14)11-7(9,4-16)12-6/h10-16H,1-4,8-9H2. The van der Waals surface area contributed by atoms with Crippen molar-refractivity contribution in [2.75, 3.05) is 26.4 Å². The molecule has 9 nitrogen and oxygen atoms in total. The van der Waals surface area contributed by atoms with Crippen LogP contribution >= 0.6 is 0 Å². The minimum absolute atomic E-state index is 0.525. The van der Waals surface area contributed by atoms with Crippen LogP contribution in [0.2, 0.25) is 0 Å². The molecule has 96 valence electrons.